The van der Waals surface area contributed by atoms with Crippen molar-refractivity contribution in [1.82, 2.24) is 20.1 Å². The van der Waals surface area contributed by atoms with E-state index in [1.54, 1.807) is 21.9 Å². The molecule has 0 spiro atoms. The normalized spacial score (nSPS) is 15.6. The van der Waals surface area contributed by atoms with Gasteiger partial charge in [-0.05, 0) is 80.6 Å². The summed E-state index contributed by atoms with van der Waals surface area (Å²) in [7, 11) is 0. The van der Waals surface area contributed by atoms with E-state index in [0.717, 1.165) is 27.6 Å². The maximum absolute atomic E-state index is 14.2. The fraction of sp³-hybridized carbons (Fsp3) is 0.351. The third-order valence-corrected chi connectivity index (χ3v) is 8.77. The smallest absolute Gasteiger partial charge is 0.410 e. The summed E-state index contributed by atoms with van der Waals surface area (Å²) in [5.74, 6) is -0.871. The first-order valence-corrected chi connectivity index (χ1v) is 16.1. The highest BCUT2D eigenvalue weighted by atomic mass is 16.6. The molecule has 2 aliphatic heterocycles. The van der Waals surface area contributed by atoms with Crippen molar-refractivity contribution in [3.05, 3.63) is 101 Å². The lowest BCUT2D eigenvalue weighted by molar-refractivity contribution is -0.138. The number of para-hydroxylation sites is 1. The molecule has 1 saturated heterocycles. The Hall–Kier alpha value is -5.12. The molecular weight excluding hydrogens is 594 g/mol. The number of ether oxygens (including phenoxy) is 1. The van der Waals surface area contributed by atoms with Crippen molar-refractivity contribution in [2.75, 3.05) is 18.4 Å². The lowest BCUT2D eigenvalue weighted by Gasteiger charge is -2.33. The Morgan fingerprint density at radius 3 is 2.34 bits per heavy atom. The number of aromatic nitrogens is 1. The molecule has 1 aromatic heterocycles. The predicted octanol–water partition coefficient (Wildman–Crippen LogP) is 5.64. The first kappa shape index (κ1) is 31.8. The van der Waals surface area contributed by atoms with Crippen LogP contribution in [0.1, 0.15) is 60.7 Å². The van der Waals surface area contributed by atoms with Gasteiger partial charge in [-0.3, -0.25) is 14.4 Å². The van der Waals surface area contributed by atoms with Crippen LogP contribution in [0.5, 0.6) is 0 Å². The van der Waals surface area contributed by atoms with Crippen LogP contribution < -0.4 is 10.6 Å². The number of carbonyl (C=O) groups is 4. The van der Waals surface area contributed by atoms with Gasteiger partial charge in [-0.15, -0.1) is 0 Å². The summed E-state index contributed by atoms with van der Waals surface area (Å²) in [5.41, 5.74) is 4.51. The predicted molar refractivity (Wildman–Crippen MR) is 180 cm³/mol. The fourth-order valence-corrected chi connectivity index (χ4v) is 6.30. The number of anilines is 1. The Labute approximate surface area is 274 Å². The van der Waals surface area contributed by atoms with Crippen molar-refractivity contribution >= 4 is 40.4 Å². The van der Waals surface area contributed by atoms with Crippen LogP contribution in [0.4, 0.5) is 10.5 Å². The number of aromatic amines is 1. The molecule has 1 atom stereocenters. The van der Waals surface area contributed by atoms with Crippen LogP contribution in [0.15, 0.2) is 79.0 Å². The highest BCUT2D eigenvalue weighted by Crippen LogP contribution is 2.28. The molecule has 244 valence electrons. The van der Waals surface area contributed by atoms with Crippen molar-refractivity contribution in [2.24, 2.45) is 5.92 Å². The summed E-state index contributed by atoms with van der Waals surface area (Å²) >= 11 is 0. The molecule has 3 heterocycles. The molecule has 1 fully saturated rings. The molecule has 6 rings (SSSR count). The Balaban J connectivity index is 1.15. The molecule has 3 N–H and O–H groups in total. The van der Waals surface area contributed by atoms with Gasteiger partial charge >= 0.3 is 6.09 Å². The van der Waals surface area contributed by atoms with Crippen LogP contribution in [0.3, 0.4) is 0 Å². The second-order valence-electron chi connectivity index (χ2n) is 13.4. The van der Waals surface area contributed by atoms with E-state index in [1.807, 2.05) is 87.6 Å². The summed E-state index contributed by atoms with van der Waals surface area (Å²) in [6.45, 7) is 7.11. The number of piperidine rings is 1. The number of fused-ring (bicyclic) bond motifs is 2. The van der Waals surface area contributed by atoms with Crippen LogP contribution in [0, 0.1) is 5.92 Å². The summed E-state index contributed by atoms with van der Waals surface area (Å²) in [6, 6.07) is 21.8. The second-order valence-corrected chi connectivity index (χ2v) is 13.4. The van der Waals surface area contributed by atoms with E-state index >= 15 is 0 Å². The number of rotatable bonds is 7. The van der Waals surface area contributed by atoms with Crippen LogP contribution in [0.2, 0.25) is 0 Å². The molecule has 47 heavy (non-hydrogen) atoms. The largest absolute Gasteiger partial charge is 0.444 e. The summed E-state index contributed by atoms with van der Waals surface area (Å²) in [6.07, 6.45) is 2.84. The number of likely N-dealkylation sites (tertiary alicyclic amines) is 1. The number of amides is 4. The Morgan fingerprint density at radius 2 is 1.60 bits per heavy atom. The number of nitrogens with zero attached hydrogens (tertiary/aromatic N) is 2. The monoisotopic (exact) mass is 635 g/mol. The fourth-order valence-electron chi connectivity index (χ4n) is 6.30. The van der Waals surface area contributed by atoms with E-state index in [9.17, 15) is 19.2 Å². The molecule has 0 saturated carbocycles. The molecule has 10 heteroatoms. The zero-order valence-corrected chi connectivity index (χ0v) is 27.0. The van der Waals surface area contributed by atoms with Crippen LogP contribution >= 0.6 is 0 Å². The maximum Gasteiger partial charge on any atom is 0.410 e. The third kappa shape index (κ3) is 7.48. The SMILES string of the molecule is CC(C)(C)OC(=O)N1CCC(C(=O)NC(Cc2c[nH]c3ccccc23)C(=O)N2Cc3ccc(NC(=O)c4ccccc4)cc3C2)CC1. The zero-order chi connectivity index (χ0) is 33.1. The third-order valence-electron chi connectivity index (χ3n) is 8.77. The lowest BCUT2D eigenvalue weighted by Crippen LogP contribution is -2.51. The topological polar surface area (TPSA) is 124 Å². The molecule has 4 aromatic rings. The van der Waals surface area contributed by atoms with Gasteiger partial charge in [-0.1, -0.05) is 42.5 Å². The van der Waals surface area contributed by atoms with Crippen molar-refractivity contribution in [1.29, 1.82) is 0 Å². The van der Waals surface area contributed by atoms with Crippen molar-refractivity contribution in [3.8, 4) is 0 Å². The zero-order valence-electron chi connectivity index (χ0n) is 27.0. The van der Waals surface area contributed by atoms with E-state index in [2.05, 4.69) is 15.6 Å². The number of hydrogen-bond acceptors (Lipinski definition) is 5. The van der Waals surface area contributed by atoms with E-state index in [-0.39, 0.29) is 29.7 Å². The number of nitrogens with one attached hydrogen (secondary N) is 3. The van der Waals surface area contributed by atoms with Gasteiger partial charge in [0.1, 0.15) is 11.6 Å². The first-order chi connectivity index (χ1) is 22.5. The number of carbonyl (C=O) groups excluding carboxylic acids is 4. The van der Waals surface area contributed by atoms with Gasteiger partial charge in [0, 0.05) is 66.9 Å². The molecule has 1 unspecified atom stereocenters. The average molecular weight is 636 g/mol. The van der Waals surface area contributed by atoms with E-state index in [1.165, 1.54) is 0 Å². The maximum atomic E-state index is 14.2. The molecule has 3 aromatic carbocycles. The summed E-state index contributed by atoms with van der Waals surface area (Å²) < 4.78 is 5.51. The van der Waals surface area contributed by atoms with Crippen LogP contribution in [-0.4, -0.2) is 63.3 Å². The molecule has 2 aliphatic rings. The first-order valence-electron chi connectivity index (χ1n) is 16.1. The van der Waals surface area contributed by atoms with Gasteiger partial charge in [0.25, 0.3) is 5.91 Å². The molecule has 4 amide bonds. The van der Waals surface area contributed by atoms with Gasteiger partial charge in [-0.2, -0.15) is 0 Å². The number of hydrogen-bond donors (Lipinski definition) is 3. The molecule has 0 aliphatic carbocycles. The molecule has 10 nitrogen and oxygen atoms in total. The average Bonchev–Trinajstić information content (AvgIpc) is 3.68. The van der Waals surface area contributed by atoms with Crippen molar-refractivity contribution in [2.45, 2.75) is 64.8 Å². The summed E-state index contributed by atoms with van der Waals surface area (Å²) in [5, 5.41) is 7.05. The minimum atomic E-state index is -0.780. The van der Waals surface area contributed by atoms with Crippen molar-refractivity contribution < 1.29 is 23.9 Å². The van der Waals surface area contributed by atoms with Crippen LogP contribution in [-0.2, 0) is 33.8 Å². The molecule has 0 bridgehead atoms. The second kappa shape index (κ2) is 13.3. The minimum Gasteiger partial charge on any atom is -0.444 e. The van der Waals surface area contributed by atoms with Gasteiger partial charge in [-0.25, -0.2) is 4.79 Å². The quantitative estimate of drug-likeness (QED) is 0.243. The minimum absolute atomic E-state index is 0.166. The van der Waals surface area contributed by atoms with E-state index in [0.29, 0.717) is 56.7 Å². The Bertz CT molecular complexity index is 1790. The Morgan fingerprint density at radius 1 is 0.894 bits per heavy atom. The highest BCUT2D eigenvalue weighted by molar-refractivity contribution is 6.04. The van der Waals surface area contributed by atoms with Gasteiger partial charge in [0.2, 0.25) is 11.8 Å². The molecule has 0 radical (unpaired) electrons. The van der Waals surface area contributed by atoms with Crippen molar-refractivity contribution in [3.63, 3.8) is 0 Å². The van der Waals surface area contributed by atoms with E-state index in [4.69, 9.17) is 4.74 Å². The Kier molecular flexibility index (Phi) is 9.02. The molecular formula is C37H41N5O5. The van der Waals surface area contributed by atoms with E-state index < -0.39 is 11.6 Å². The van der Waals surface area contributed by atoms with Crippen LogP contribution in [0.25, 0.3) is 10.9 Å². The number of benzene rings is 3. The van der Waals surface area contributed by atoms with Gasteiger partial charge < -0.3 is 30.2 Å². The number of H-pyrrole nitrogens is 1. The highest BCUT2D eigenvalue weighted by Gasteiger charge is 2.35. The standard InChI is InChI=1S/C37H41N5O5/c1-37(2,3)47-36(46)41-17-15-25(16-18-41)34(44)40-32(20-27-21-38-31-12-8-7-11-30(27)31)35(45)42-22-26-13-14-29(19-28(26)23-42)39-33(43)24-9-5-4-6-10-24/h4-14,19,21,25,32,38H,15-18,20,22-23H2,1-3H3,(H,39,43)(H,40,44). The van der Waals surface area contributed by atoms with Gasteiger partial charge in [0.15, 0.2) is 0 Å². The lowest BCUT2D eigenvalue weighted by atomic mass is 9.95. The van der Waals surface area contributed by atoms with Gasteiger partial charge in [0.05, 0.1) is 0 Å². The summed E-state index contributed by atoms with van der Waals surface area (Å²) in [4.78, 5) is 59.8.